The number of benzene rings is 3. The first-order chi connectivity index (χ1) is 18.7. The smallest absolute Gasteiger partial charge is 0.175 e. The van der Waals surface area contributed by atoms with Crippen molar-refractivity contribution in [2.24, 2.45) is 0 Å². The van der Waals surface area contributed by atoms with E-state index in [4.69, 9.17) is 9.47 Å². The second kappa shape index (κ2) is 11.0. The third-order valence-electron chi connectivity index (χ3n) is 6.84. The van der Waals surface area contributed by atoms with E-state index in [0.29, 0.717) is 25.2 Å². The average Bonchev–Trinajstić information content (AvgIpc) is 3.45. The summed E-state index contributed by atoms with van der Waals surface area (Å²) < 4.78 is 10.8. The highest BCUT2D eigenvalue weighted by Gasteiger charge is 2.26. The summed E-state index contributed by atoms with van der Waals surface area (Å²) in [5.41, 5.74) is 4.23. The van der Waals surface area contributed by atoms with E-state index in [1.54, 1.807) is 18.9 Å². The molecule has 9 nitrogen and oxygen atoms in total. The van der Waals surface area contributed by atoms with Gasteiger partial charge in [0.25, 0.3) is 0 Å². The van der Waals surface area contributed by atoms with Crippen molar-refractivity contribution >= 4 is 28.8 Å². The number of morpholine rings is 1. The molecule has 0 saturated carbocycles. The number of tetrazole rings is 1. The van der Waals surface area contributed by atoms with Gasteiger partial charge in [0.15, 0.2) is 5.82 Å². The van der Waals surface area contributed by atoms with Gasteiger partial charge in [-0.1, -0.05) is 23.9 Å². The Bertz CT molecular complexity index is 1390. The van der Waals surface area contributed by atoms with Gasteiger partial charge in [-0.05, 0) is 66.2 Å². The molecule has 3 heterocycles. The molecule has 6 rings (SSSR count). The van der Waals surface area contributed by atoms with E-state index >= 15 is 0 Å². The summed E-state index contributed by atoms with van der Waals surface area (Å²) >= 11 is 1.78. The molecule has 3 aromatic carbocycles. The summed E-state index contributed by atoms with van der Waals surface area (Å²) in [7, 11) is 1.63. The molecule has 0 aliphatic carbocycles. The zero-order valence-electron chi connectivity index (χ0n) is 21.2. The van der Waals surface area contributed by atoms with E-state index in [2.05, 4.69) is 67.7 Å². The van der Waals surface area contributed by atoms with Crippen LogP contribution in [-0.2, 0) is 11.2 Å². The van der Waals surface area contributed by atoms with Crippen LogP contribution in [0.5, 0.6) is 5.75 Å². The van der Waals surface area contributed by atoms with Crippen LogP contribution < -0.4 is 14.5 Å². The Hall–Kier alpha value is -3.60. The van der Waals surface area contributed by atoms with Gasteiger partial charge in [0, 0.05) is 41.5 Å². The first-order valence-corrected chi connectivity index (χ1v) is 13.6. The van der Waals surface area contributed by atoms with Gasteiger partial charge in [-0.2, -0.15) is 0 Å². The number of rotatable bonds is 8. The van der Waals surface area contributed by atoms with Crippen molar-refractivity contribution in [3.8, 4) is 11.4 Å². The maximum atomic E-state index is 11.1. The highest BCUT2D eigenvalue weighted by molar-refractivity contribution is 7.99. The summed E-state index contributed by atoms with van der Waals surface area (Å²) in [5.74, 6) is 1.37. The van der Waals surface area contributed by atoms with Crippen molar-refractivity contribution in [1.82, 2.24) is 20.2 Å². The Morgan fingerprint density at radius 1 is 0.974 bits per heavy atom. The Labute approximate surface area is 226 Å². The van der Waals surface area contributed by atoms with Crippen LogP contribution in [0.25, 0.3) is 5.69 Å². The number of ether oxygens (including phenoxy) is 2. The molecule has 4 aromatic rings. The number of para-hydroxylation sites is 1. The fraction of sp³-hybridized carbons (Fsp3) is 0.321. The molecule has 1 N–H and O–H groups in total. The van der Waals surface area contributed by atoms with Crippen molar-refractivity contribution in [2.75, 3.05) is 49.8 Å². The van der Waals surface area contributed by atoms with E-state index in [1.165, 1.54) is 20.3 Å². The van der Waals surface area contributed by atoms with E-state index in [-0.39, 0.29) is 0 Å². The van der Waals surface area contributed by atoms with Crippen LogP contribution in [-0.4, -0.2) is 71.4 Å². The molecule has 196 valence electrons. The lowest BCUT2D eigenvalue weighted by atomic mass is 10.1. The Morgan fingerprint density at radius 3 is 2.55 bits per heavy atom. The average molecular weight is 531 g/mol. The number of aliphatic hydroxyl groups excluding tert-OH is 1. The predicted molar refractivity (Wildman–Crippen MR) is 147 cm³/mol. The van der Waals surface area contributed by atoms with Gasteiger partial charge in [0.05, 0.1) is 43.5 Å². The lowest BCUT2D eigenvalue weighted by molar-refractivity contribution is 0.122. The van der Waals surface area contributed by atoms with Crippen LogP contribution in [0.3, 0.4) is 0 Å². The van der Waals surface area contributed by atoms with Crippen molar-refractivity contribution in [3.63, 3.8) is 0 Å². The lowest BCUT2D eigenvalue weighted by Crippen LogP contribution is -2.36. The number of fused-ring (bicyclic) bond motifs is 2. The minimum atomic E-state index is -0.570. The number of hydrogen-bond acceptors (Lipinski definition) is 9. The molecule has 2 aliphatic heterocycles. The van der Waals surface area contributed by atoms with Gasteiger partial charge >= 0.3 is 0 Å². The number of β-amino-alcohol motifs (C(OH)–C–C–N with tert-alkyl or cyclic N) is 1. The molecule has 0 spiro atoms. The molecular weight excluding hydrogens is 500 g/mol. The third-order valence-corrected chi connectivity index (χ3v) is 7.97. The SMILES string of the molecule is COc1ccc(-n2nnc(CC[C@@H](O)CN3c4ccccc4Sc4ccc(N5CCOCC5)cc43)n2)cc1. The number of aromatic nitrogens is 4. The van der Waals surface area contributed by atoms with Crippen LogP contribution in [0.1, 0.15) is 12.2 Å². The minimum Gasteiger partial charge on any atom is -0.497 e. The molecule has 0 amide bonds. The van der Waals surface area contributed by atoms with E-state index < -0.39 is 6.10 Å². The van der Waals surface area contributed by atoms with Gasteiger partial charge in [-0.15, -0.1) is 15.0 Å². The molecule has 0 radical (unpaired) electrons. The summed E-state index contributed by atoms with van der Waals surface area (Å²) in [5, 5.41) is 24.0. The van der Waals surface area contributed by atoms with Gasteiger partial charge in [0.1, 0.15) is 5.75 Å². The van der Waals surface area contributed by atoms with E-state index in [1.807, 2.05) is 24.3 Å². The van der Waals surface area contributed by atoms with Crippen molar-refractivity contribution < 1.29 is 14.6 Å². The fourth-order valence-corrected chi connectivity index (χ4v) is 5.87. The number of anilines is 3. The van der Waals surface area contributed by atoms with Crippen LogP contribution in [0.2, 0.25) is 0 Å². The zero-order chi connectivity index (χ0) is 25.9. The topological polar surface area (TPSA) is 88.8 Å². The molecule has 1 atom stereocenters. The second-order valence-electron chi connectivity index (χ2n) is 9.32. The summed E-state index contributed by atoms with van der Waals surface area (Å²) in [4.78, 5) is 8.49. The molecule has 1 aromatic heterocycles. The third kappa shape index (κ3) is 5.20. The number of hydrogen-bond donors (Lipinski definition) is 1. The molecule has 0 unspecified atom stereocenters. The van der Waals surface area contributed by atoms with Crippen LogP contribution in [0.4, 0.5) is 17.1 Å². The predicted octanol–water partition coefficient (Wildman–Crippen LogP) is 4.10. The molecule has 1 fully saturated rings. The molecular formula is C28H30N6O3S. The second-order valence-corrected chi connectivity index (χ2v) is 10.4. The van der Waals surface area contributed by atoms with Crippen molar-refractivity contribution in [1.29, 1.82) is 0 Å². The quantitative estimate of drug-likeness (QED) is 0.362. The summed E-state index contributed by atoms with van der Waals surface area (Å²) in [6.45, 7) is 3.73. The maximum absolute atomic E-state index is 11.1. The summed E-state index contributed by atoms with van der Waals surface area (Å²) in [6, 6.07) is 22.5. The van der Waals surface area contributed by atoms with Gasteiger partial charge in [-0.25, -0.2) is 0 Å². The van der Waals surface area contributed by atoms with E-state index in [0.717, 1.165) is 49.1 Å². The first kappa shape index (κ1) is 24.7. The zero-order valence-corrected chi connectivity index (χ0v) is 22.0. The van der Waals surface area contributed by atoms with Crippen LogP contribution in [0.15, 0.2) is 76.5 Å². The summed E-state index contributed by atoms with van der Waals surface area (Å²) in [6.07, 6.45) is 0.486. The molecule has 2 aliphatic rings. The monoisotopic (exact) mass is 530 g/mol. The minimum absolute atomic E-state index is 0.476. The molecule has 38 heavy (non-hydrogen) atoms. The Morgan fingerprint density at radius 2 is 1.74 bits per heavy atom. The van der Waals surface area contributed by atoms with E-state index in [9.17, 15) is 5.11 Å². The number of methoxy groups -OCH3 is 1. The standard InChI is InChI=1S/C28H30N6O3S/c1-36-23-10-6-20(7-11-23)34-30-28(29-31-34)13-9-22(35)19-33-24-4-2-3-5-26(24)38-27-12-8-21(18-25(27)33)32-14-16-37-17-15-32/h2-8,10-12,18,22,35H,9,13-17,19H2,1H3/t22-/m1/s1. The number of nitrogens with zero attached hydrogens (tertiary/aromatic N) is 6. The highest BCUT2D eigenvalue weighted by Crippen LogP contribution is 2.49. The fourth-order valence-electron chi connectivity index (χ4n) is 4.80. The Balaban J connectivity index is 1.17. The van der Waals surface area contributed by atoms with Crippen molar-refractivity contribution in [3.05, 3.63) is 72.6 Å². The van der Waals surface area contributed by atoms with Crippen LogP contribution >= 0.6 is 11.8 Å². The molecule has 1 saturated heterocycles. The Kier molecular flexibility index (Phi) is 7.17. The molecule has 10 heteroatoms. The van der Waals surface area contributed by atoms with Gasteiger partial charge < -0.3 is 24.4 Å². The van der Waals surface area contributed by atoms with Gasteiger partial charge in [-0.3, -0.25) is 0 Å². The normalized spacial score (nSPS) is 15.6. The number of aliphatic hydroxyl groups is 1. The highest BCUT2D eigenvalue weighted by atomic mass is 32.2. The number of aryl methyl sites for hydroxylation is 1. The molecule has 0 bridgehead atoms. The van der Waals surface area contributed by atoms with Crippen LogP contribution in [0, 0.1) is 0 Å². The lowest BCUT2D eigenvalue weighted by Gasteiger charge is -2.36. The first-order valence-electron chi connectivity index (χ1n) is 12.8. The largest absolute Gasteiger partial charge is 0.497 e. The van der Waals surface area contributed by atoms with Gasteiger partial charge in [0.2, 0.25) is 0 Å². The van der Waals surface area contributed by atoms with Crippen molar-refractivity contribution in [2.45, 2.75) is 28.7 Å². The maximum Gasteiger partial charge on any atom is 0.175 e.